The van der Waals surface area contributed by atoms with Gasteiger partial charge in [-0.2, -0.15) is 0 Å². The Kier molecular flexibility index (Phi) is 8.07. The van der Waals surface area contributed by atoms with E-state index < -0.39 is 0 Å². The second-order valence-corrected chi connectivity index (χ2v) is 8.82. The largest absolute Gasteiger partial charge is 0.497 e. The molecule has 152 valence electrons. The molecule has 0 aliphatic carbocycles. The number of thioether (sulfide) groups is 1. The van der Waals surface area contributed by atoms with Gasteiger partial charge in [-0.25, -0.2) is 0 Å². The highest BCUT2D eigenvalue weighted by Gasteiger charge is 2.11. The number of benzene rings is 2. The van der Waals surface area contributed by atoms with Crippen molar-refractivity contribution in [1.29, 1.82) is 0 Å². The van der Waals surface area contributed by atoms with Crippen LogP contribution in [0.25, 0.3) is 0 Å². The zero-order valence-electron chi connectivity index (χ0n) is 16.7. The van der Waals surface area contributed by atoms with Gasteiger partial charge in [-0.15, -0.1) is 10.2 Å². The van der Waals surface area contributed by atoms with Crippen LogP contribution in [0.2, 0.25) is 0 Å². The van der Waals surface area contributed by atoms with Crippen molar-refractivity contribution in [3.63, 3.8) is 0 Å². The average molecular weight is 428 g/mol. The molecule has 0 saturated carbocycles. The Morgan fingerprint density at radius 1 is 1.03 bits per heavy atom. The average Bonchev–Trinajstić information content (AvgIpc) is 3.20. The summed E-state index contributed by atoms with van der Waals surface area (Å²) in [7, 11) is 1.66. The molecule has 0 unspecified atom stereocenters. The number of hydrogen-bond acceptors (Lipinski definition) is 6. The molecule has 0 saturated heterocycles. The summed E-state index contributed by atoms with van der Waals surface area (Å²) in [6, 6.07) is 15.7. The van der Waals surface area contributed by atoms with E-state index in [1.807, 2.05) is 48.5 Å². The van der Waals surface area contributed by atoms with Gasteiger partial charge in [-0.05, 0) is 48.2 Å². The van der Waals surface area contributed by atoms with E-state index in [1.54, 1.807) is 18.9 Å². The molecule has 0 radical (unpaired) electrons. The van der Waals surface area contributed by atoms with Crippen LogP contribution in [-0.2, 0) is 12.2 Å². The fraction of sp³-hybridized carbons (Fsp3) is 0.318. The normalized spacial score (nSPS) is 10.7. The van der Waals surface area contributed by atoms with Crippen molar-refractivity contribution in [2.24, 2.45) is 0 Å². The Labute approximate surface area is 179 Å². The highest BCUT2D eigenvalue weighted by Crippen LogP contribution is 2.29. The molecule has 0 bridgehead atoms. The predicted octanol–water partition coefficient (Wildman–Crippen LogP) is 5.82. The number of nitrogens with one attached hydrogen (secondary N) is 1. The molecule has 0 aliphatic rings. The molecule has 29 heavy (non-hydrogen) atoms. The molecule has 0 atom stereocenters. The maximum atomic E-state index is 12.4. The molecular formula is C22H25N3O2S2. The smallest absolute Gasteiger partial charge is 0.257 e. The van der Waals surface area contributed by atoms with Gasteiger partial charge in [0.25, 0.3) is 5.91 Å². The first-order chi connectivity index (χ1) is 14.2. The quantitative estimate of drug-likeness (QED) is 0.251. The van der Waals surface area contributed by atoms with Crippen molar-refractivity contribution in [3.05, 3.63) is 65.2 Å². The van der Waals surface area contributed by atoms with E-state index in [-0.39, 0.29) is 5.91 Å². The van der Waals surface area contributed by atoms with Crippen molar-refractivity contribution >= 4 is 34.1 Å². The molecule has 3 rings (SSSR count). The highest BCUT2D eigenvalue weighted by molar-refractivity contribution is 8.00. The van der Waals surface area contributed by atoms with E-state index in [9.17, 15) is 4.79 Å². The zero-order valence-corrected chi connectivity index (χ0v) is 18.3. The first-order valence-corrected chi connectivity index (χ1v) is 11.5. The van der Waals surface area contributed by atoms with E-state index in [2.05, 4.69) is 22.4 Å². The number of anilines is 1. The van der Waals surface area contributed by atoms with Crippen molar-refractivity contribution in [2.75, 3.05) is 12.4 Å². The van der Waals surface area contributed by atoms with Gasteiger partial charge in [-0.1, -0.05) is 67.1 Å². The summed E-state index contributed by atoms with van der Waals surface area (Å²) in [5.74, 6) is 1.47. The monoisotopic (exact) mass is 427 g/mol. The Morgan fingerprint density at radius 3 is 2.45 bits per heavy atom. The lowest BCUT2D eigenvalue weighted by molar-refractivity contribution is 0.102. The molecule has 1 N–H and O–H groups in total. The minimum atomic E-state index is -0.159. The minimum Gasteiger partial charge on any atom is -0.497 e. The van der Waals surface area contributed by atoms with Crippen LogP contribution >= 0.6 is 23.1 Å². The van der Waals surface area contributed by atoms with Crippen LogP contribution in [0.15, 0.2) is 52.9 Å². The fourth-order valence-electron chi connectivity index (χ4n) is 2.76. The first-order valence-electron chi connectivity index (χ1n) is 9.67. The van der Waals surface area contributed by atoms with E-state index >= 15 is 0 Å². The van der Waals surface area contributed by atoms with E-state index in [4.69, 9.17) is 4.74 Å². The highest BCUT2D eigenvalue weighted by atomic mass is 32.2. The van der Waals surface area contributed by atoms with Gasteiger partial charge in [0, 0.05) is 11.3 Å². The standard InChI is InChI=1S/C22H25N3O2S2/c1-3-4-5-6-16-7-11-18(12-8-16)20(26)23-21-24-25-22(29-21)28-15-17-9-13-19(27-2)14-10-17/h7-14H,3-6,15H2,1-2H3,(H,23,24,26). The lowest BCUT2D eigenvalue weighted by atomic mass is 10.1. The molecule has 5 nitrogen and oxygen atoms in total. The molecule has 7 heteroatoms. The van der Waals surface area contributed by atoms with Crippen LogP contribution < -0.4 is 10.1 Å². The lowest BCUT2D eigenvalue weighted by Crippen LogP contribution is -2.11. The molecule has 0 aliphatic heterocycles. The van der Waals surface area contributed by atoms with Gasteiger partial charge >= 0.3 is 0 Å². The maximum Gasteiger partial charge on any atom is 0.257 e. The number of amides is 1. The van der Waals surface area contributed by atoms with Gasteiger partial charge in [0.1, 0.15) is 5.75 Å². The third-order valence-electron chi connectivity index (χ3n) is 4.43. The summed E-state index contributed by atoms with van der Waals surface area (Å²) in [6.45, 7) is 2.20. The summed E-state index contributed by atoms with van der Waals surface area (Å²) in [6.07, 6.45) is 4.69. The molecular weight excluding hydrogens is 402 g/mol. The van der Waals surface area contributed by atoms with E-state index in [0.717, 1.165) is 22.3 Å². The molecule has 1 heterocycles. The first kappa shape index (κ1) is 21.3. The van der Waals surface area contributed by atoms with Crippen LogP contribution in [0.4, 0.5) is 5.13 Å². The van der Waals surface area contributed by atoms with Gasteiger partial charge in [0.15, 0.2) is 4.34 Å². The predicted molar refractivity (Wildman–Crippen MR) is 120 cm³/mol. The number of nitrogens with zero attached hydrogens (tertiary/aromatic N) is 2. The van der Waals surface area contributed by atoms with Crippen molar-refractivity contribution < 1.29 is 9.53 Å². The Morgan fingerprint density at radius 2 is 1.76 bits per heavy atom. The number of hydrogen-bond donors (Lipinski definition) is 1. The maximum absolute atomic E-state index is 12.4. The number of carbonyl (C=O) groups is 1. The van der Waals surface area contributed by atoms with Crippen LogP contribution in [0.1, 0.15) is 47.7 Å². The lowest BCUT2D eigenvalue weighted by Gasteiger charge is -2.04. The van der Waals surface area contributed by atoms with Crippen molar-refractivity contribution in [3.8, 4) is 5.75 Å². The summed E-state index contributed by atoms with van der Waals surface area (Å²) < 4.78 is 5.99. The molecule has 0 fully saturated rings. The Balaban J connectivity index is 1.50. The molecule has 3 aromatic rings. The second kappa shape index (κ2) is 11.0. The summed E-state index contributed by atoms with van der Waals surface area (Å²) in [5.41, 5.74) is 3.07. The number of unbranched alkanes of at least 4 members (excludes halogenated alkanes) is 2. The summed E-state index contributed by atoms with van der Waals surface area (Å²) >= 11 is 2.98. The van der Waals surface area contributed by atoms with E-state index in [0.29, 0.717) is 10.7 Å². The number of aryl methyl sites for hydroxylation is 1. The van der Waals surface area contributed by atoms with Crippen LogP contribution in [-0.4, -0.2) is 23.2 Å². The minimum absolute atomic E-state index is 0.159. The van der Waals surface area contributed by atoms with Gasteiger partial charge in [0.2, 0.25) is 5.13 Å². The Bertz CT molecular complexity index is 909. The molecule has 1 aromatic heterocycles. The van der Waals surface area contributed by atoms with E-state index in [1.165, 1.54) is 41.7 Å². The van der Waals surface area contributed by atoms with Gasteiger partial charge in [0.05, 0.1) is 7.11 Å². The fourth-order valence-corrected chi connectivity index (χ4v) is 4.46. The van der Waals surface area contributed by atoms with Gasteiger partial charge in [-0.3, -0.25) is 10.1 Å². The number of carbonyl (C=O) groups excluding carboxylic acids is 1. The van der Waals surface area contributed by atoms with Crippen molar-refractivity contribution in [2.45, 2.75) is 42.7 Å². The zero-order chi connectivity index (χ0) is 20.5. The van der Waals surface area contributed by atoms with Crippen LogP contribution in [0, 0.1) is 0 Å². The van der Waals surface area contributed by atoms with Crippen LogP contribution in [0.5, 0.6) is 5.75 Å². The number of aromatic nitrogens is 2. The van der Waals surface area contributed by atoms with Crippen molar-refractivity contribution in [1.82, 2.24) is 10.2 Å². The van der Waals surface area contributed by atoms with Crippen LogP contribution in [0.3, 0.4) is 0 Å². The number of methoxy groups -OCH3 is 1. The number of ether oxygens (including phenoxy) is 1. The summed E-state index contributed by atoms with van der Waals surface area (Å²) in [5, 5.41) is 11.6. The third-order valence-corrected chi connectivity index (χ3v) is 6.48. The Hall–Kier alpha value is -2.38. The summed E-state index contributed by atoms with van der Waals surface area (Å²) in [4.78, 5) is 12.4. The molecule has 1 amide bonds. The number of rotatable bonds is 10. The second-order valence-electron chi connectivity index (χ2n) is 6.62. The molecule has 2 aromatic carbocycles. The topological polar surface area (TPSA) is 64.1 Å². The van der Waals surface area contributed by atoms with Gasteiger partial charge < -0.3 is 4.74 Å². The SMILES string of the molecule is CCCCCc1ccc(C(=O)Nc2nnc(SCc3ccc(OC)cc3)s2)cc1. The third kappa shape index (κ3) is 6.58. The molecule has 0 spiro atoms.